The van der Waals surface area contributed by atoms with Crippen molar-refractivity contribution in [2.75, 3.05) is 6.54 Å². The van der Waals surface area contributed by atoms with E-state index >= 15 is 0 Å². The molecule has 146 valence electrons. The summed E-state index contributed by atoms with van der Waals surface area (Å²) in [5.41, 5.74) is 3.38. The molecule has 29 heavy (non-hydrogen) atoms. The lowest BCUT2D eigenvalue weighted by Gasteiger charge is -2.22. The van der Waals surface area contributed by atoms with Gasteiger partial charge in [0.25, 0.3) is 5.56 Å². The van der Waals surface area contributed by atoms with Gasteiger partial charge in [0.1, 0.15) is 5.56 Å². The van der Waals surface area contributed by atoms with Gasteiger partial charge in [-0.2, -0.15) is 0 Å². The average Bonchev–Trinajstić information content (AvgIpc) is 3.09. The van der Waals surface area contributed by atoms with E-state index in [9.17, 15) is 14.7 Å². The Morgan fingerprint density at radius 1 is 1.07 bits per heavy atom. The van der Waals surface area contributed by atoms with Crippen molar-refractivity contribution in [1.82, 2.24) is 14.5 Å². The van der Waals surface area contributed by atoms with E-state index in [1.54, 1.807) is 12.1 Å². The number of fused-ring (bicyclic) bond motifs is 3. The molecule has 1 aliphatic rings. The van der Waals surface area contributed by atoms with Crippen molar-refractivity contribution in [3.05, 3.63) is 91.8 Å². The molecule has 0 radical (unpaired) electrons. The zero-order chi connectivity index (χ0) is 20.1. The van der Waals surface area contributed by atoms with Crippen LogP contribution in [0.2, 0.25) is 0 Å². The zero-order valence-corrected chi connectivity index (χ0v) is 15.9. The minimum Gasteiger partial charge on any atom is -0.494 e. The third-order valence-corrected chi connectivity index (χ3v) is 5.74. The van der Waals surface area contributed by atoms with Crippen LogP contribution < -0.4 is 16.6 Å². The number of para-hydroxylation sites is 2. The molecule has 1 atom stereocenters. The van der Waals surface area contributed by atoms with Crippen LogP contribution in [-0.2, 0) is 6.42 Å². The molecule has 0 bridgehead atoms. The van der Waals surface area contributed by atoms with Crippen molar-refractivity contribution in [1.29, 1.82) is 0 Å². The van der Waals surface area contributed by atoms with E-state index in [1.165, 1.54) is 4.57 Å². The molecule has 7 nitrogen and oxygen atoms in total. The summed E-state index contributed by atoms with van der Waals surface area (Å²) in [6, 6.07) is 14.9. The van der Waals surface area contributed by atoms with E-state index in [1.807, 2.05) is 42.6 Å². The molecule has 0 saturated carbocycles. The average molecular weight is 389 g/mol. The number of aromatic amines is 2. The predicted octanol–water partition coefficient (Wildman–Crippen LogP) is 1.23. The van der Waals surface area contributed by atoms with E-state index in [0.29, 0.717) is 5.69 Å². The third kappa shape index (κ3) is 2.62. The first-order valence-electron chi connectivity index (χ1n) is 9.63. The first kappa shape index (κ1) is 17.5. The molecule has 1 aliphatic heterocycles. The summed E-state index contributed by atoms with van der Waals surface area (Å²) < 4.78 is 1.18. The number of benzene rings is 2. The molecule has 4 aromatic rings. The van der Waals surface area contributed by atoms with Crippen LogP contribution in [0, 0.1) is 6.92 Å². The lowest BCUT2D eigenvalue weighted by Crippen LogP contribution is -2.87. The second-order valence-corrected chi connectivity index (χ2v) is 7.43. The van der Waals surface area contributed by atoms with Gasteiger partial charge in [0.05, 0.1) is 17.9 Å². The van der Waals surface area contributed by atoms with Crippen LogP contribution in [0.15, 0.2) is 58.1 Å². The topological polar surface area (TPSA) is 107 Å². The minimum absolute atomic E-state index is 0.181. The Kier molecular flexibility index (Phi) is 3.92. The number of aromatic nitrogens is 3. The van der Waals surface area contributed by atoms with Crippen molar-refractivity contribution < 1.29 is 10.4 Å². The number of quaternary nitrogens is 1. The molecule has 0 aliphatic carbocycles. The fourth-order valence-electron chi connectivity index (χ4n) is 4.39. The number of H-pyrrole nitrogens is 2. The number of rotatable bonds is 2. The van der Waals surface area contributed by atoms with Crippen LogP contribution in [0.1, 0.15) is 28.4 Å². The fraction of sp³-hybridized carbons (Fsp3) is 0.182. The largest absolute Gasteiger partial charge is 0.494 e. The molecule has 3 heterocycles. The van der Waals surface area contributed by atoms with Crippen molar-refractivity contribution in [3.63, 3.8) is 0 Å². The van der Waals surface area contributed by atoms with Gasteiger partial charge in [-0.15, -0.1) is 0 Å². The summed E-state index contributed by atoms with van der Waals surface area (Å²) in [7, 11) is 0. The van der Waals surface area contributed by atoms with Gasteiger partial charge in [-0.1, -0.05) is 36.4 Å². The number of hydrogen-bond acceptors (Lipinski definition) is 3. The van der Waals surface area contributed by atoms with Gasteiger partial charge in [0.15, 0.2) is 6.04 Å². The van der Waals surface area contributed by atoms with Crippen LogP contribution in [0.3, 0.4) is 0 Å². The van der Waals surface area contributed by atoms with Crippen molar-refractivity contribution in [3.8, 4) is 11.6 Å². The predicted molar refractivity (Wildman–Crippen MR) is 110 cm³/mol. The van der Waals surface area contributed by atoms with E-state index < -0.39 is 17.3 Å². The van der Waals surface area contributed by atoms with Gasteiger partial charge >= 0.3 is 5.69 Å². The SMILES string of the molecule is Cc1ccccc1-n1c(O)c([C@H]2[NH2+]CCc3c2[nH]c2ccccc32)c(=O)[nH]c1=O. The number of nitrogens with one attached hydrogen (secondary N) is 2. The van der Waals surface area contributed by atoms with Crippen LogP contribution in [0.5, 0.6) is 5.88 Å². The maximum atomic E-state index is 12.8. The lowest BCUT2D eigenvalue weighted by atomic mass is 9.95. The highest BCUT2D eigenvalue weighted by Gasteiger charge is 2.34. The molecule has 2 aromatic carbocycles. The molecule has 7 heteroatoms. The lowest BCUT2D eigenvalue weighted by molar-refractivity contribution is -0.690. The maximum Gasteiger partial charge on any atom is 0.335 e. The van der Waals surface area contributed by atoms with Crippen LogP contribution in [0.25, 0.3) is 16.6 Å². The molecule has 5 N–H and O–H groups in total. The quantitative estimate of drug-likeness (QED) is 0.414. The van der Waals surface area contributed by atoms with Crippen LogP contribution in [-0.4, -0.2) is 26.2 Å². The number of aryl methyl sites for hydroxylation is 1. The van der Waals surface area contributed by atoms with Gasteiger partial charge in [0.2, 0.25) is 5.88 Å². The van der Waals surface area contributed by atoms with Crippen molar-refractivity contribution >= 4 is 10.9 Å². The number of nitrogens with two attached hydrogens (primary N) is 1. The van der Waals surface area contributed by atoms with E-state index in [4.69, 9.17) is 0 Å². The Hall–Kier alpha value is -3.58. The van der Waals surface area contributed by atoms with Crippen LogP contribution in [0.4, 0.5) is 0 Å². The van der Waals surface area contributed by atoms with Crippen LogP contribution >= 0.6 is 0 Å². The first-order chi connectivity index (χ1) is 14.1. The number of aromatic hydroxyl groups is 1. The van der Waals surface area contributed by atoms with E-state index in [2.05, 4.69) is 16.0 Å². The van der Waals surface area contributed by atoms with Gasteiger partial charge in [-0.3, -0.25) is 9.78 Å². The highest BCUT2D eigenvalue weighted by atomic mass is 16.3. The van der Waals surface area contributed by atoms with E-state index in [0.717, 1.165) is 40.7 Å². The maximum absolute atomic E-state index is 12.8. The molecule has 5 rings (SSSR count). The molecule has 2 aromatic heterocycles. The monoisotopic (exact) mass is 389 g/mol. The molecule has 0 amide bonds. The first-order valence-corrected chi connectivity index (χ1v) is 9.63. The fourth-order valence-corrected chi connectivity index (χ4v) is 4.39. The summed E-state index contributed by atoms with van der Waals surface area (Å²) >= 11 is 0. The summed E-state index contributed by atoms with van der Waals surface area (Å²) in [4.78, 5) is 31.2. The summed E-state index contributed by atoms with van der Waals surface area (Å²) in [6.45, 7) is 2.64. The van der Waals surface area contributed by atoms with Gasteiger partial charge in [-0.05, 0) is 30.2 Å². The normalized spacial score (nSPS) is 16.1. The summed E-state index contributed by atoms with van der Waals surface area (Å²) in [6.07, 6.45) is 0.867. The van der Waals surface area contributed by atoms with E-state index in [-0.39, 0.29) is 11.4 Å². The number of hydrogen-bond donors (Lipinski definition) is 4. The molecular weight excluding hydrogens is 368 g/mol. The van der Waals surface area contributed by atoms with Gasteiger partial charge in [0, 0.05) is 17.3 Å². The second-order valence-electron chi connectivity index (χ2n) is 7.43. The highest BCUT2D eigenvalue weighted by Crippen LogP contribution is 2.32. The molecule has 0 saturated heterocycles. The summed E-state index contributed by atoms with van der Waals surface area (Å²) in [5.74, 6) is -0.319. The van der Waals surface area contributed by atoms with Crippen molar-refractivity contribution in [2.24, 2.45) is 0 Å². The second kappa shape index (κ2) is 6.49. The van der Waals surface area contributed by atoms with Gasteiger partial charge < -0.3 is 15.4 Å². The Bertz CT molecular complexity index is 1360. The molecule has 0 fully saturated rings. The Morgan fingerprint density at radius 3 is 2.66 bits per heavy atom. The minimum atomic E-state index is -0.654. The Morgan fingerprint density at radius 2 is 1.83 bits per heavy atom. The zero-order valence-electron chi connectivity index (χ0n) is 15.9. The smallest absolute Gasteiger partial charge is 0.335 e. The molecule has 0 spiro atoms. The highest BCUT2D eigenvalue weighted by molar-refractivity contribution is 5.85. The Balaban J connectivity index is 1.77. The summed E-state index contributed by atoms with van der Waals surface area (Å²) in [5, 5.41) is 14.2. The third-order valence-electron chi connectivity index (χ3n) is 5.74. The van der Waals surface area contributed by atoms with Gasteiger partial charge in [-0.25, -0.2) is 9.36 Å². The number of nitrogens with zero attached hydrogens (tertiary/aromatic N) is 1. The molecule has 0 unspecified atom stereocenters. The molecular formula is C22H21N4O3+. The Labute approximate surface area is 165 Å². The van der Waals surface area contributed by atoms with Crippen molar-refractivity contribution in [2.45, 2.75) is 19.4 Å². The standard InChI is InChI=1S/C22H20N4O3/c1-12-6-2-5-9-16(12)26-21(28)17(20(27)25-22(26)29)19-18-14(10-11-23-19)13-7-3-4-8-15(13)24-18/h2-9,19,23-24,28H,10-11H2,1H3,(H,25,27,29)/p+1/t19-/m1/s1.